The molecule has 11 heavy (non-hydrogen) atoms. The van der Waals surface area contributed by atoms with Crippen molar-refractivity contribution in [3.05, 3.63) is 0 Å². The summed E-state index contributed by atoms with van der Waals surface area (Å²) in [4.78, 5) is 18.6. The monoisotopic (exact) mass is 183 g/mol. The zero-order valence-electron chi connectivity index (χ0n) is 5.77. The van der Waals surface area contributed by atoms with E-state index in [1.165, 1.54) is 0 Å². The molecule has 6 nitrogen and oxygen atoms in total. The fraction of sp³-hybridized carbons (Fsp3) is 0.500. The lowest BCUT2D eigenvalue weighted by molar-refractivity contribution is 0.136. The summed E-state index contributed by atoms with van der Waals surface area (Å²) in [6.45, 7) is 2.11. The number of amides is 1. The molecule has 1 amide bonds. The summed E-state index contributed by atoms with van der Waals surface area (Å²) in [5.41, 5.74) is 0. The first-order valence-corrected chi connectivity index (χ1v) is 2.98. The van der Waals surface area contributed by atoms with Gasteiger partial charge >= 0.3 is 12.2 Å². The standard InChI is InChI=1S/C3H7NO2S.CH2O3/c1-2-6-3(5)4-7;2-1(3)4/h7H,2H2,1H3,(H,4,5);(H2,2,3,4). The van der Waals surface area contributed by atoms with E-state index in [-0.39, 0.29) is 0 Å². The lowest BCUT2D eigenvalue weighted by atomic mass is 10.9. The van der Waals surface area contributed by atoms with E-state index in [1.54, 1.807) is 6.92 Å². The molecular weight excluding hydrogens is 174 g/mol. The predicted molar refractivity (Wildman–Crippen MR) is 39.8 cm³/mol. The third-order valence-corrected chi connectivity index (χ3v) is 0.549. The zero-order valence-corrected chi connectivity index (χ0v) is 6.67. The highest BCUT2D eigenvalue weighted by Crippen LogP contribution is 1.74. The second-order valence-electron chi connectivity index (χ2n) is 1.11. The maximum absolute atomic E-state index is 10.0. The molecule has 0 rings (SSSR count). The lowest BCUT2D eigenvalue weighted by Gasteiger charge is -1.94. The van der Waals surface area contributed by atoms with E-state index in [0.717, 1.165) is 0 Å². The molecule has 0 aromatic rings. The zero-order chi connectivity index (χ0) is 9.28. The number of nitrogens with one attached hydrogen (secondary N) is 1. The van der Waals surface area contributed by atoms with Gasteiger partial charge in [-0.2, -0.15) is 0 Å². The van der Waals surface area contributed by atoms with Crippen molar-refractivity contribution in [2.24, 2.45) is 0 Å². The van der Waals surface area contributed by atoms with Crippen LogP contribution in [0.15, 0.2) is 0 Å². The Balaban J connectivity index is 0. The molecule has 3 N–H and O–H groups in total. The number of carbonyl (C=O) groups is 2. The molecule has 0 fully saturated rings. The van der Waals surface area contributed by atoms with Gasteiger partial charge in [-0.15, -0.1) is 0 Å². The molecule has 0 aromatic carbocycles. The second kappa shape index (κ2) is 8.89. The Bertz CT molecular complexity index is 124. The average Bonchev–Trinajstić information content (AvgIpc) is 1.87. The molecule has 0 aromatic heterocycles. The first-order valence-electron chi connectivity index (χ1n) is 2.53. The van der Waals surface area contributed by atoms with Crippen LogP contribution < -0.4 is 4.72 Å². The van der Waals surface area contributed by atoms with Crippen molar-refractivity contribution in [3.8, 4) is 0 Å². The summed E-state index contributed by atoms with van der Waals surface area (Å²) in [6.07, 6.45) is -2.34. The molecule has 7 heteroatoms. The van der Waals surface area contributed by atoms with Gasteiger partial charge < -0.3 is 14.9 Å². The number of thiol groups is 1. The molecule has 0 spiro atoms. The van der Waals surface area contributed by atoms with E-state index in [9.17, 15) is 4.79 Å². The number of carboxylic acid groups (broad SMARTS) is 2. The summed E-state index contributed by atoms with van der Waals surface area (Å²) in [5, 5.41) is 13.9. The summed E-state index contributed by atoms with van der Waals surface area (Å²) < 4.78 is 6.36. The van der Waals surface area contributed by atoms with Gasteiger partial charge in [0.25, 0.3) is 0 Å². The van der Waals surface area contributed by atoms with Crippen LogP contribution in [0.1, 0.15) is 6.92 Å². The van der Waals surface area contributed by atoms with Crippen LogP contribution >= 0.6 is 12.8 Å². The van der Waals surface area contributed by atoms with E-state index in [1.807, 2.05) is 4.72 Å². The Labute approximate surface area is 68.7 Å². The molecule has 0 saturated carbocycles. The van der Waals surface area contributed by atoms with E-state index < -0.39 is 12.2 Å². The number of rotatable bonds is 1. The van der Waals surface area contributed by atoms with Crippen LogP contribution in [0.25, 0.3) is 0 Å². The van der Waals surface area contributed by atoms with E-state index in [4.69, 9.17) is 15.0 Å². The third-order valence-electron chi connectivity index (χ3n) is 0.367. The summed E-state index contributed by atoms with van der Waals surface area (Å²) >= 11 is 3.42. The van der Waals surface area contributed by atoms with Gasteiger partial charge in [-0.3, -0.25) is 4.72 Å². The minimum Gasteiger partial charge on any atom is -0.450 e. The van der Waals surface area contributed by atoms with Crippen LogP contribution in [-0.4, -0.2) is 29.1 Å². The average molecular weight is 183 g/mol. The highest BCUT2D eigenvalue weighted by atomic mass is 32.1. The third kappa shape index (κ3) is 27.9. The minimum absolute atomic E-state index is 0.381. The van der Waals surface area contributed by atoms with Crippen LogP contribution in [0.4, 0.5) is 9.59 Å². The maximum Gasteiger partial charge on any atom is 0.503 e. The van der Waals surface area contributed by atoms with Gasteiger partial charge in [-0.05, 0) is 6.92 Å². The van der Waals surface area contributed by atoms with Gasteiger partial charge in [0.15, 0.2) is 0 Å². The van der Waals surface area contributed by atoms with Crippen molar-refractivity contribution in [2.45, 2.75) is 6.92 Å². The van der Waals surface area contributed by atoms with Crippen molar-refractivity contribution in [2.75, 3.05) is 6.61 Å². The van der Waals surface area contributed by atoms with Crippen LogP contribution in [0.3, 0.4) is 0 Å². The van der Waals surface area contributed by atoms with Gasteiger partial charge in [0, 0.05) is 0 Å². The van der Waals surface area contributed by atoms with Gasteiger partial charge in [0.05, 0.1) is 6.61 Å². The van der Waals surface area contributed by atoms with Gasteiger partial charge in [-0.1, -0.05) is 12.8 Å². The van der Waals surface area contributed by atoms with Crippen molar-refractivity contribution < 1.29 is 24.5 Å². The highest BCUT2D eigenvalue weighted by Gasteiger charge is 1.90. The number of ether oxygens (including phenoxy) is 1. The summed E-state index contributed by atoms with van der Waals surface area (Å²) in [5.74, 6) is 0. The molecule has 0 unspecified atom stereocenters. The lowest BCUT2D eigenvalue weighted by Crippen LogP contribution is -2.13. The number of hydrogen-bond donors (Lipinski definition) is 4. The molecule has 0 heterocycles. The van der Waals surface area contributed by atoms with Crippen LogP contribution in [-0.2, 0) is 4.74 Å². The quantitative estimate of drug-likeness (QED) is 0.451. The number of carbonyl (C=O) groups excluding carboxylic acids is 1. The van der Waals surface area contributed by atoms with E-state index >= 15 is 0 Å². The SMILES string of the molecule is CCOC(=O)NS.O=C(O)O. The molecule has 0 atom stereocenters. The Hall–Kier alpha value is -1.11. The Morgan fingerprint density at radius 3 is 2.00 bits per heavy atom. The Morgan fingerprint density at radius 2 is 1.91 bits per heavy atom. The molecule has 0 aliphatic carbocycles. The van der Waals surface area contributed by atoms with Crippen molar-refractivity contribution in [3.63, 3.8) is 0 Å². The molecule has 0 bridgehead atoms. The largest absolute Gasteiger partial charge is 0.503 e. The van der Waals surface area contributed by atoms with Crippen LogP contribution in [0.2, 0.25) is 0 Å². The van der Waals surface area contributed by atoms with Crippen LogP contribution in [0.5, 0.6) is 0 Å². The van der Waals surface area contributed by atoms with E-state index in [2.05, 4.69) is 17.6 Å². The molecule has 0 aliphatic rings. The predicted octanol–water partition coefficient (Wildman–Crippen LogP) is 0.800. The molecule has 66 valence electrons. The fourth-order valence-electron chi connectivity index (χ4n) is 0.163. The topological polar surface area (TPSA) is 95.9 Å². The maximum atomic E-state index is 10.0. The molecule has 0 radical (unpaired) electrons. The minimum atomic E-state index is -1.83. The first-order chi connectivity index (χ1) is 5.04. The Morgan fingerprint density at radius 1 is 1.55 bits per heavy atom. The molecular formula is C4H9NO5S. The number of hydrogen-bond acceptors (Lipinski definition) is 4. The first kappa shape index (κ1) is 12.6. The molecule has 0 saturated heterocycles. The fourth-order valence-corrected chi connectivity index (χ4v) is 0.228. The van der Waals surface area contributed by atoms with Crippen LogP contribution in [0, 0.1) is 0 Å². The normalized spacial score (nSPS) is 7.09. The van der Waals surface area contributed by atoms with Gasteiger partial charge in [0.2, 0.25) is 0 Å². The molecule has 0 aliphatic heterocycles. The van der Waals surface area contributed by atoms with Crippen molar-refractivity contribution >= 4 is 25.1 Å². The second-order valence-corrected chi connectivity index (χ2v) is 1.34. The Kier molecular flexibility index (Phi) is 10.1. The van der Waals surface area contributed by atoms with Gasteiger partial charge in [-0.25, -0.2) is 9.59 Å². The van der Waals surface area contributed by atoms with Gasteiger partial charge in [0.1, 0.15) is 0 Å². The highest BCUT2D eigenvalue weighted by molar-refractivity contribution is 7.78. The van der Waals surface area contributed by atoms with Crippen molar-refractivity contribution in [1.82, 2.24) is 4.72 Å². The van der Waals surface area contributed by atoms with E-state index in [0.29, 0.717) is 6.61 Å². The summed E-state index contributed by atoms with van der Waals surface area (Å²) in [6, 6.07) is 0. The smallest absolute Gasteiger partial charge is 0.450 e. The summed E-state index contributed by atoms with van der Waals surface area (Å²) in [7, 11) is 0. The van der Waals surface area contributed by atoms with Crippen molar-refractivity contribution in [1.29, 1.82) is 0 Å².